The average molecular weight is 563 g/mol. The van der Waals surface area contributed by atoms with Crippen molar-refractivity contribution < 1.29 is 14.3 Å². The summed E-state index contributed by atoms with van der Waals surface area (Å²) in [5.41, 5.74) is 2.64. The van der Waals surface area contributed by atoms with Crippen molar-refractivity contribution in [1.82, 2.24) is 0 Å². The highest BCUT2D eigenvalue weighted by atomic mass is 35.5. The van der Waals surface area contributed by atoms with Crippen LogP contribution in [0.15, 0.2) is 24.3 Å². The summed E-state index contributed by atoms with van der Waals surface area (Å²) in [5, 5.41) is 0. The molecule has 0 radical (unpaired) electrons. The maximum Gasteiger partial charge on any atom is 0.310 e. The van der Waals surface area contributed by atoms with Crippen molar-refractivity contribution in [2.45, 2.75) is 90.6 Å². The van der Waals surface area contributed by atoms with Gasteiger partial charge in [-0.05, 0) is 104 Å². The van der Waals surface area contributed by atoms with Crippen molar-refractivity contribution in [1.29, 1.82) is 0 Å². The second-order valence-corrected chi connectivity index (χ2v) is 14.0. The van der Waals surface area contributed by atoms with E-state index in [4.69, 9.17) is 27.9 Å². The summed E-state index contributed by atoms with van der Waals surface area (Å²) in [6.07, 6.45) is 11.2. The number of ketones is 1. The molecule has 4 nitrogen and oxygen atoms in total. The molecule has 0 aliphatic heterocycles. The summed E-state index contributed by atoms with van der Waals surface area (Å²) in [7, 11) is 0. The van der Waals surface area contributed by atoms with Gasteiger partial charge in [-0.15, -0.1) is 23.2 Å². The van der Waals surface area contributed by atoms with Crippen LogP contribution in [0.3, 0.4) is 0 Å². The number of Topliss-reactive ketones (excluding diaryl/α,β-unsaturated/α-hetero) is 1. The summed E-state index contributed by atoms with van der Waals surface area (Å²) in [4.78, 5) is 27.3. The van der Waals surface area contributed by atoms with Crippen LogP contribution >= 0.6 is 23.2 Å². The average Bonchev–Trinajstić information content (AvgIpc) is 2.88. The minimum absolute atomic E-state index is 0.0421. The number of anilines is 1. The largest absolute Gasteiger partial charge is 0.462 e. The summed E-state index contributed by atoms with van der Waals surface area (Å²) in [6, 6.07) is 8.12. The van der Waals surface area contributed by atoms with E-state index in [-0.39, 0.29) is 17.5 Å². The van der Waals surface area contributed by atoms with Crippen LogP contribution in [0.1, 0.15) is 83.6 Å². The molecule has 7 atom stereocenters. The van der Waals surface area contributed by atoms with Crippen molar-refractivity contribution in [3.63, 3.8) is 0 Å². The Morgan fingerprint density at radius 2 is 1.71 bits per heavy atom. The maximum atomic E-state index is 12.9. The van der Waals surface area contributed by atoms with Crippen molar-refractivity contribution in [3.8, 4) is 0 Å². The van der Waals surface area contributed by atoms with Crippen LogP contribution in [-0.4, -0.2) is 42.7 Å². The summed E-state index contributed by atoms with van der Waals surface area (Å²) in [6.45, 7) is 6.44. The number of rotatable bonds is 8. The number of hydrogen-bond acceptors (Lipinski definition) is 4. The van der Waals surface area contributed by atoms with Crippen molar-refractivity contribution in [2.24, 2.45) is 34.5 Å². The third-order valence-corrected chi connectivity index (χ3v) is 11.5. The van der Waals surface area contributed by atoms with Gasteiger partial charge in [0.25, 0.3) is 0 Å². The zero-order valence-electron chi connectivity index (χ0n) is 23.2. The fourth-order valence-electron chi connectivity index (χ4n) is 9.15. The quantitative estimate of drug-likeness (QED) is 0.244. The Labute approximate surface area is 239 Å². The Bertz CT molecular complexity index is 993. The molecule has 4 saturated carbocycles. The van der Waals surface area contributed by atoms with Crippen LogP contribution in [0, 0.1) is 34.5 Å². The first-order valence-corrected chi connectivity index (χ1v) is 16.0. The Balaban J connectivity index is 1.16. The molecule has 1 aromatic rings. The molecule has 0 unspecified atom stereocenters. The van der Waals surface area contributed by atoms with Gasteiger partial charge >= 0.3 is 5.97 Å². The van der Waals surface area contributed by atoms with Gasteiger partial charge in [0.15, 0.2) is 0 Å². The number of benzene rings is 1. The van der Waals surface area contributed by atoms with E-state index in [9.17, 15) is 9.59 Å². The van der Waals surface area contributed by atoms with E-state index in [1.165, 1.54) is 25.7 Å². The van der Waals surface area contributed by atoms with E-state index in [0.717, 1.165) is 80.6 Å². The molecule has 4 fully saturated rings. The molecule has 4 aliphatic carbocycles. The minimum atomic E-state index is -0.112. The predicted octanol–water partition coefficient (Wildman–Crippen LogP) is 7.43. The third-order valence-electron chi connectivity index (χ3n) is 11.1. The third kappa shape index (κ3) is 5.64. The van der Waals surface area contributed by atoms with Gasteiger partial charge in [-0.3, -0.25) is 9.59 Å². The maximum absolute atomic E-state index is 12.9. The van der Waals surface area contributed by atoms with Crippen LogP contribution in [-0.2, 0) is 20.7 Å². The first-order chi connectivity index (χ1) is 18.3. The van der Waals surface area contributed by atoms with E-state index >= 15 is 0 Å². The number of hydrogen-bond donors (Lipinski definition) is 0. The molecule has 38 heavy (non-hydrogen) atoms. The lowest BCUT2D eigenvalue weighted by Gasteiger charge is -2.62. The lowest BCUT2D eigenvalue weighted by molar-refractivity contribution is -0.165. The molecule has 0 N–H and O–H groups in total. The molecule has 0 aromatic heterocycles. The number of ether oxygens (including phenoxy) is 1. The van der Waals surface area contributed by atoms with E-state index in [1.807, 2.05) is 24.3 Å². The van der Waals surface area contributed by atoms with Crippen molar-refractivity contribution >= 4 is 40.6 Å². The molecule has 0 saturated heterocycles. The van der Waals surface area contributed by atoms with Crippen molar-refractivity contribution in [3.05, 3.63) is 29.8 Å². The second kappa shape index (κ2) is 11.7. The topological polar surface area (TPSA) is 46.6 Å². The Hall–Kier alpha value is -1.26. The van der Waals surface area contributed by atoms with Gasteiger partial charge < -0.3 is 9.64 Å². The Morgan fingerprint density at radius 1 is 0.974 bits per heavy atom. The fourth-order valence-corrected chi connectivity index (χ4v) is 9.56. The highest BCUT2D eigenvalue weighted by Crippen LogP contribution is 2.65. The monoisotopic (exact) mass is 561 g/mol. The Kier molecular flexibility index (Phi) is 8.70. The van der Waals surface area contributed by atoms with Crippen LogP contribution in [0.5, 0.6) is 0 Å². The van der Waals surface area contributed by atoms with Gasteiger partial charge in [0, 0.05) is 43.4 Å². The first-order valence-electron chi connectivity index (χ1n) is 14.9. The number of carbonyl (C=O) groups excluding carboxylic acids is 2. The van der Waals surface area contributed by atoms with E-state index in [0.29, 0.717) is 35.3 Å². The molecule has 4 aliphatic rings. The molecule has 0 bridgehead atoms. The Morgan fingerprint density at radius 3 is 2.42 bits per heavy atom. The van der Waals surface area contributed by atoms with Crippen LogP contribution in [0.25, 0.3) is 0 Å². The van der Waals surface area contributed by atoms with Crippen molar-refractivity contribution in [2.75, 3.05) is 29.7 Å². The van der Waals surface area contributed by atoms with Crippen LogP contribution < -0.4 is 4.90 Å². The SMILES string of the molecule is C[C@@]12CC[C@H]3[C@@H](CC[C@H]4C[C@@H](OC(=O)Cc5ccc(N(CCCl)CCCl)cc5)CC[C@@]43C)[C@@H]1CCC(=O)C2. The molecule has 6 heteroatoms. The highest BCUT2D eigenvalue weighted by molar-refractivity contribution is 6.18. The lowest BCUT2D eigenvalue weighted by Crippen LogP contribution is -2.55. The molecular formula is C32H45Cl2NO3. The van der Waals surface area contributed by atoms with Gasteiger partial charge in [-0.2, -0.15) is 0 Å². The normalized spacial score (nSPS) is 36.5. The fraction of sp³-hybridized carbons (Fsp3) is 0.750. The van der Waals surface area contributed by atoms with Gasteiger partial charge in [0.1, 0.15) is 11.9 Å². The van der Waals surface area contributed by atoms with Gasteiger partial charge in [0.2, 0.25) is 0 Å². The number of halogens is 2. The molecular weight excluding hydrogens is 517 g/mol. The highest BCUT2D eigenvalue weighted by Gasteiger charge is 2.58. The second-order valence-electron chi connectivity index (χ2n) is 13.2. The smallest absolute Gasteiger partial charge is 0.310 e. The number of nitrogens with zero attached hydrogens (tertiary/aromatic N) is 1. The molecule has 5 rings (SSSR count). The summed E-state index contributed by atoms with van der Waals surface area (Å²) in [5.74, 6) is 4.37. The van der Waals surface area contributed by atoms with Gasteiger partial charge in [-0.1, -0.05) is 26.0 Å². The summed E-state index contributed by atoms with van der Waals surface area (Å²) < 4.78 is 6.07. The number of carbonyl (C=O) groups is 2. The molecule has 1 aromatic carbocycles. The molecule has 0 spiro atoms. The van der Waals surface area contributed by atoms with E-state index < -0.39 is 0 Å². The molecule has 0 heterocycles. The first kappa shape index (κ1) is 28.3. The van der Waals surface area contributed by atoms with Gasteiger partial charge in [0.05, 0.1) is 6.42 Å². The number of esters is 1. The van der Waals surface area contributed by atoms with Crippen LogP contribution in [0.2, 0.25) is 0 Å². The summed E-state index contributed by atoms with van der Waals surface area (Å²) >= 11 is 11.9. The molecule has 0 amide bonds. The number of alkyl halides is 2. The van der Waals surface area contributed by atoms with E-state index in [2.05, 4.69) is 18.7 Å². The predicted molar refractivity (Wildman–Crippen MR) is 155 cm³/mol. The molecule has 210 valence electrons. The zero-order valence-corrected chi connectivity index (χ0v) is 24.7. The van der Waals surface area contributed by atoms with Gasteiger partial charge in [-0.25, -0.2) is 0 Å². The lowest BCUT2D eigenvalue weighted by atomic mass is 9.43. The van der Waals surface area contributed by atoms with Crippen LogP contribution in [0.4, 0.5) is 5.69 Å². The van der Waals surface area contributed by atoms with E-state index in [1.54, 1.807) is 0 Å². The minimum Gasteiger partial charge on any atom is -0.462 e. The number of fused-ring (bicyclic) bond motifs is 5. The zero-order chi connectivity index (χ0) is 26.9. The standard InChI is InChI=1S/C32H45Cl2NO3/c1-31-13-12-29-27(28(31)10-8-25(36)21-31)9-5-23-20-26(11-14-32(23,29)2)38-30(37)19-22-3-6-24(7-4-22)35(17-15-33)18-16-34/h3-4,6-7,23,26-29H,5,8-21H2,1-2H3/t23-,26-,27-,28-,29-,31-,32-/m0/s1.